The van der Waals surface area contributed by atoms with Gasteiger partial charge in [-0.15, -0.1) is 0 Å². The molecule has 1 atom stereocenters. The standard InChI is InChI=1S/C15H19N3S/c1-2-11-8-9-18(10-11)15-13(14(16)17-19-15)12-6-4-3-5-7-12/h3-7,11H,2,8-10H2,1H3,(H2,16,17). The second kappa shape index (κ2) is 5.21. The molecule has 0 saturated carbocycles. The van der Waals surface area contributed by atoms with Crippen LogP contribution in [0.1, 0.15) is 19.8 Å². The summed E-state index contributed by atoms with van der Waals surface area (Å²) in [7, 11) is 0. The van der Waals surface area contributed by atoms with E-state index in [1.54, 1.807) is 0 Å². The number of hydrogen-bond donors (Lipinski definition) is 1. The van der Waals surface area contributed by atoms with Crippen LogP contribution in [0, 0.1) is 5.92 Å². The van der Waals surface area contributed by atoms with E-state index in [1.165, 1.54) is 34.9 Å². The van der Waals surface area contributed by atoms with E-state index in [-0.39, 0.29) is 0 Å². The van der Waals surface area contributed by atoms with Crippen molar-refractivity contribution in [1.82, 2.24) is 4.37 Å². The average molecular weight is 273 g/mol. The average Bonchev–Trinajstić information content (AvgIpc) is 3.05. The molecule has 1 fully saturated rings. The third-order valence-corrected chi connectivity index (χ3v) is 4.84. The highest BCUT2D eigenvalue weighted by molar-refractivity contribution is 7.11. The van der Waals surface area contributed by atoms with E-state index < -0.39 is 0 Å². The van der Waals surface area contributed by atoms with Crippen molar-refractivity contribution >= 4 is 22.4 Å². The molecule has 1 aromatic heterocycles. The smallest absolute Gasteiger partial charge is 0.147 e. The highest BCUT2D eigenvalue weighted by atomic mass is 32.1. The van der Waals surface area contributed by atoms with Gasteiger partial charge in [-0.25, -0.2) is 0 Å². The molecular weight excluding hydrogens is 254 g/mol. The van der Waals surface area contributed by atoms with Gasteiger partial charge in [0.1, 0.15) is 10.8 Å². The molecule has 1 saturated heterocycles. The molecule has 2 heterocycles. The Morgan fingerprint density at radius 2 is 2.16 bits per heavy atom. The Morgan fingerprint density at radius 1 is 1.37 bits per heavy atom. The second-order valence-corrected chi connectivity index (χ2v) is 5.87. The van der Waals surface area contributed by atoms with E-state index >= 15 is 0 Å². The summed E-state index contributed by atoms with van der Waals surface area (Å²) in [4.78, 5) is 2.45. The highest BCUT2D eigenvalue weighted by Crippen LogP contribution is 2.41. The molecule has 1 unspecified atom stereocenters. The van der Waals surface area contributed by atoms with E-state index in [4.69, 9.17) is 5.73 Å². The molecule has 3 nitrogen and oxygen atoms in total. The molecule has 1 aromatic carbocycles. The summed E-state index contributed by atoms with van der Waals surface area (Å²) >= 11 is 1.53. The summed E-state index contributed by atoms with van der Waals surface area (Å²) in [5, 5.41) is 1.24. The predicted octanol–water partition coefficient (Wildman–Crippen LogP) is 3.63. The minimum Gasteiger partial charge on any atom is -0.382 e. The monoisotopic (exact) mass is 273 g/mol. The zero-order chi connectivity index (χ0) is 13.2. The van der Waals surface area contributed by atoms with E-state index in [1.807, 2.05) is 6.07 Å². The molecule has 19 heavy (non-hydrogen) atoms. The van der Waals surface area contributed by atoms with Gasteiger partial charge in [0.15, 0.2) is 0 Å². The molecule has 0 bridgehead atoms. The maximum atomic E-state index is 6.08. The fourth-order valence-corrected chi connectivity index (χ4v) is 3.61. The number of nitrogens with zero attached hydrogens (tertiary/aromatic N) is 2. The van der Waals surface area contributed by atoms with Crippen LogP contribution < -0.4 is 10.6 Å². The molecule has 0 amide bonds. The molecule has 100 valence electrons. The molecule has 2 aromatic rings. The summed E-state index contributed by atoms with van der Waals surface area (Å²) in [6.07, 6.45) is 2.54. The van der Waals surface area contributed by atoms with Crippen LogP contribution in [0.3, 0.4) is 0 Å². The van der Waals surface area contributed by atoms with Crippen LogP contribution >= 0.6 is 11.5 Å². The van der Waals surface area contributed by atoms with Gasteiger partial charge in [-0.3, -0.25) is 0 Å². The van der Waals surface area contributed by atoms with Gasteiger partial charge in [0.05, 0.1) is 5.56 Å². The first-order chi connectivity index (χ1) is 9.29. The third-order valence-electron chi connectivity index (χ3n) is 3.91. The van der Waals surface area contributed by atoms with Crippen LogP contribution in [0.15, 0.2) is 30.3 Å². The van der Waals surface area contributed by atoms with E-state index in [0.29, 0.717) is 5.82 Å². The number of hydrogen-bond acceptors (Lipinski definition) is 4. The Kier molecular flexibility index (Phi) is 3.42. The first-order valence-corrected chi connectivity index (χ1v) is 7.62. The van der Waals surface area contributed by atoms with Crippen LogP contribution in [0.5, 0.6) is 0 Å². The van der Waals surface area contributed by atoms with Crippen LogP contribution in [0.25, 0.3) is 11.1 Å². The van der Waals surface area contributed by atoms with Crippen molar-refractivity contribution in [1.29, 1.82) is 0 Å². The molecular formula is C15H19N3S. The molecule has 2 N–H and O–H groups in total. The minimum absolute atomic E-state index is 0.658. The molecule has 3 rings (SSSR count). The first kappa shape index (κ1) is 12.5. The molecule has 1 aliphatic rings. The summed E-state index contributed by atoms with van der Waals surface area (Å²) in [6.45, 7) is 4.53. The Balaban J connectivity index is 1.96. The fraction of sp³-hybridized carbons (Fsp3) is 0.400. The zero-order valence-corrected chi connectivity index (χ0v) is 12.0. The fourth-order valence-electron chi connectivity index (χ4n) is 2.74. The Labute approximate surface area is 118 Å². The molecule has 0 spiro atoms. The third kappa shape index (κ3) is 2.32. The van der Waals surface area contributed by atoms with Gasteiger partial charge in [0.25, 0.3) is 0 Å². The van der Waals surface area contributed by atoms with Gasteiger partial charge in [-0.2, -0.15) is 4.37 Å². The lowest BCUT2D eigenvalue weighted by atomic mass is 10.1. The topological polar surface area (TPSA) is 42.2 Å². The quantitative estimate of drug-likeness (QED) is 0.928. The second-order valence-electron chi connectivity index (χ2n) is 5.12. The van der Waals surface area contributed by atoms with Crippen molar-refractivity contribution in [3.63, 3.8) is 0 Å². The van der Waals surface area contributed by atoms with Crippen LogP contribution in [0.4, 0.5) is 10.8 Å². The van der Waals surface area contributed by atoms with E-state index in [9.17, 15) is 0 Å². The summed E-state index contributed by atoms with van der Waals surface area (Å²) in [5.74, 6) is 1.47. The van der Waals surface area contributed by atoms with Gasteiger partial charge in [0.2, 0.25) is 0 Å². The van der Waals surface area contributed by atoms with Crippen molar-refractivity contribution in [2.24, 2.45) is 5.92 Å². The molecule has 0 aliphatic carbocycles. The Morgan fingerprint density at radius 3 is 2.84 bits per heavy atom. The maximum Gasteiger partial charge on any atom is 0.147 e. The number of anilines is 2. The summed E-state index contributed by atoms with van der Waals surface area (Å²) in [5.41, 5.74) is 8.36. The summed E-state index contributed by atoms with van der Waals surface area (Å²) in [6, 6.07) is 10.3. The lowest BCUT2D eigenvalue weighted by Crippen LogP contribution is -2.19. The Hall–Kier alpha value is -1.55. The van der Waals surface area contributed by atoms with Gasteiger partial charge in [-0.1, -0.05) is 43.7 Å². The normalized spacial score (nSPS) is 19.0. The van der Waals surface area contributed by atoms with Crippen molar-refractivity contribution in [3.05, 3.63) is 30.3 Å². The number of nitrogens with two attached hydrogens (primary N) is 1. The van der Waals surface area contributed by atoms with E-state index in [0.717, 1.165) is 24.6 Å². The van der Waals surface area contributed by atoms with Crippen molar-refractivity contribution in [2.75, 3.05) is 23.7 Å². The minimum atomic E-state index is 0.658. The SMILES string of the molecule is CCC1CCN(c2snc(N)c2-c2ccccc2)C1. The predicted molar refractivity (Wildman–Crippen MR) is 82.6 cm³/mol. The number of benzene rings is 1. The zero-order valence-electron chi connectivity index (χ0n) is 11.2. The first-order valence-electron chi connectivity index (χ1n) is 6.85. The number of aromatic nitrogens is 1. The molecule has 0 radical (unpaired) electrons. The van der Waals surface area contributed by atoms with Crippen molar-refractivity contribution in [3.8, 4) is 11.1 Å². The van der Waals surface area contributed by atoms with Crippen molar-refractivity contribution in [2.45, 2.75) is 19.8 Å². The lowest BCUT2D eigenvalue weighted by Gasteiger charge is -2.18. The maximum absolute atomic E-state index is 6.08. The molecule has 1 aliphatic heterocycles. The molecule has 4 heteroatoms. The van der Waals surface area contributed by atoms with Gasteiger partial charge < -0.3 is 10.6 Å². The Bertz CT molecular complexity index is 550. The van der Waals surface area contributed by atoms with Crippen molar-refractivity contribution < 1.29 is 0 Å². The highest BCUT2D eigenvalue weighted by Gasteiger charge is 2.26. The van der Waals surface area contributed by atoms with Gasteiger partial charge >= 0.3 is 0 Å². The summed E-state index contributed by atoms with van der Waals surface area (Å²) < 4.78 is 4.37. The number of nitrogen functional groups attached to an aromatic ring is 1. The lowest BCUT2D eigenvalue weighted by molar-refractivity contribution is 0.569. The van der Waals surface area contributed by atoms with Gasteiger partial charge in [-0.05, 0) is 29.4 Å². The van der Waals surface area contributed by atoms with E-state index in [2.05, 4.69) is 40.5 Å². The van der Waals surface area contributed by atoms with Gasteiger partial charge in [0, 0.05) is 13.1 Å². The number of rotatable bonds is 3. The van der Waals surface area contributed by atoms with Crippen LogP contribution in [-0.2, 0) is 0 Å². The van der Waals surface area contributed by atoms with Crippen LogP contribution in [0.2, 0.25) is 0 Å². The largest absolute Gasteiger partial charge is 0.382 e. The van der Waals surface area contributed by atoms with Crippen LogP contribution in [-0.4, -0.2) is 17.5 Å².